The fourth-order valence-electron chi connectivity index (χ4n) is 5.63. The smallest absolute Gasteiger partial charge is 0.385 e. The number of aryl methyl sites for hydroxylation is 3. The number of alkyl halides is 1. The lowest BCUT2D eigenvalue weighted by Crippen LogP contribution is -2.37. The van der Waals surface area contributed by atoms with E-state index in [1.54, 1.807) is 4.68 Å². The quantitative estimate of drug-likeness (QED) is 0.121. The van der Waals surface area contributed by atoms with E-state index in [1.807, 2.05) is 45.2 Å². The molecule has 4 aromatic rings. The summed E-state index contributed by atoms with van der Waals surface area (Å²) < 4.78 is 45.7. The summed E-state index contributed by atoms with van der Waals surface area (Å²) in [5, 5.41) is 18.6. The van der Waals surface area contributed by atoms with Crippen LogP contribution in [0.3, 0.4) is 0 Å². The Morgan fingerprint density at radius 2 is 1.93 bits per heavy atom. The number of methoxy groups -OCH3 is 1. The van der Waals surface area contributed by atoms with Crippen molar-refractivity contribution < 1.29 is 32.0 Å². The van der Waals surface area contributed by atoms with Gasteiger partial charge in [-0.1, -0.05) is 23.4 Å². The second-order valence-electron chi connectivity index (χ2n) is 11.2. The Morgan fingerprint density at radius 1 is 1.13 bits per heavy atom. The van der Waals surface area contributed by atoms with Crippen molar-refractivity contribution in [3.05, 3.63) is 75.8 Å². The monoisotopic (exact) mass is 656 g/mol. The summed E-state index contributed by atoms with van der Waals surface area (Å²) in [4.78, 5) is 12.8. The maximum absolute atomic E-state index is 13.1. The van der Waals surface area contributed by atoms with Crippen LogP contribution in [0.2, 0.25) is 0 Å². The molecule has 0 spiro atoms. The van der Waals surface area contributed by atoms with Crippen LogP contribution >= 0.6 is 11.6 Å². The lowest BCUT2D eigenvalue weighted by Gasteiger charge is -2.28. The summed E-state index contributed by atoms with van der Waals surface area (Å²) in [6.07, 6.45) is 2.72. The van der Waals surface area contributed by atoms with Gasteiger partial charge in [-0.15, -0.1) is 16.7 Å². The predicted octanol–water partition coefficient (Wildman–Crippen LogP) is 5.41. The molecule has 1 aromatic heterocycles. The molecule has 11 nitrogen and oxygen atoms in total. The molecule has 5 rings (SSSR count). The highest BCUT2D eigenvalue weighted by Gasteiger charge is 2.33. The third kappa shape index (κ3) is 7.03. The molecule has 1 aliphatic heterocycles. The standard InChI is InChI=1S/C32H37ClN4O7S/c1-20-8-9-22(14-23(20)18-37-19-24-15-25(38)10-11-28(24)44-45(37,40)41)27(17-30(39)42-4)26-16-29(43-13-7-5-6-12-33)32-31(21(26)2)34-35-36(32)3/h8-11,14-16,27,38H,5-7,12-13,17-19H2,1-4H3. The molecule has 0 fully saturated rings. The Morgan fingerprint density at radius 3 is 2.69 bits per heavy atom. The summed E-state index contributed by atoms with van der Waals surface area (Å²) in [6.45, 7) is 4.40. The van der Waals surface area contributed by atoms with Crippen LogP contribution in [0.4, 0.5) is 0 Å². The number of carbonyl (C=O) groups is 1. The number of rotatable bonds is 12. The Labute approximate surface area is 267 Å². The van der Waals surface area contributed by atoms with Gasteiger partial charge in [0.1, 0.15) is 28.3 Å². The number of ether oxygens (including phenoxy) is 2. The van der Waals surface area contributed by atoms with Crippen molar-refractivity contribution in [1.29, 1.82) is 0 Å². The van der Waals surface area contributed by atoms with Crippen LogP contribution in [0.25, 0.3) is 11.0 Å². The number of fused-ring (bicyclic) bond motifs is 2. The van der Waals surface area contributed by atoms with Crippen LogP contribution in [-0.4, -0.2) is 58.4 Å². The van der Waals surface area contributed by atoms with E-state index in [0.717, 1.165) is 52.6 Å². The summed E-state index contributed by atoms with van der Waals surface area (Å²) in [5.41, 5.74) is 6.09. The van der Waals surface area contributed by atoms with Gasteiger partial charge in [-0.2, -0.15) is 12.7 Å². The molecule has 1 atom stereocenters. The Hall–Kier alpha value is -3.87. The minimum Gasteiger partial charge on any atom is -0.508 e. The lowest BCUT2D eigenvalue weighted by molar-refractivity contribution is -0.140. The van der Waals surface area contributed by atoms with Gasteiger partial charge in [0, 0.05) is 37.5 Å². The number of aromatic hydroxyl groups is 1. The number of esters is 1. The van der Waals surface area contributed by atoms with E-state index in [2.05, 4.69) is 10.3 Å². The first kappa shape index (κ1) is 32.5. The zero-order valence-electron chi connectivity index (χ0n) is 25.7. The number of hydrogen-bond donors (Lipinski definition) is 1. The molecule has 0 amide bonds. The van der Waals surface area contributed by atoms with E-state index in [1.165, 1.54) is 29.6 Å². The number of aromatic nitrogens is 3. The van der Waals surface area contributed by atoms with E-state index in [9.17, 15) is 18.3 Å². The topological polar surface area (TPSA) is 133 Å². The predicted molar refractivity (Wildman–Crippen MR) is 170 cm³/mol. The first-order valence-electron chi connectivity index (χ1n) is 14.7. The third-order valence-corrected chi connectivity index (χ3v) is 9.72. The van der Waals surface area contributed by atoms with Crippen LogP contribution in [0.1, 0.15) is 65.0 Å². The van der Waals surface area contributed by atoms with Gasteiger partial charge in [0.25, 0.3) is 0 Å². The average molecular weight is 657 g/mol. The van der Waals surface area contributed by atoms with Crippen molar-refractivity contribution >= 4 is 38.9 Å². The highest BCUT2D eigenvalue weighted by atomic mass is 35.5. The summed E-state index contributed by atoms with van der Waals surface area (Å²) in [6, 6.07) is 12.0. The molecule has 13 heteroatoms. The molecule has 2 heterocycles. The van der Waals surface area contributed by atoms with Crippen molar-refractivity contribution in [3.8, 4) is 17.2 Å². The highest BCUT2D eigenvalue weighted by Crippen LogP contribution is 2.39. The van der Waals surface area contributed by atoms with E-state index in [-0.39, 0.29) is 31.0 Å². The molecule has 1 N–H and O–H groups in total. The molecule has 0 saturated heterocycles. The summed E-state index contributed by atoms with van der Waals surface area (Å²) in [7, 11) is -0.923. The SMILES string of the molecule is COC(=O)CC(c1ccc(C)c(CN2Cc3cc(O)ccc3OS2(=O)=O)c1)c1cc(OCCCCCCl)c2c(nnn2C)c1C. The van der Waals surface area contributed by atoms with Crippen molar-refractivity contribution in [3.63, 3.8) is 0 Å². The number of halogens is 1. The Balaban J connectivity index is 1.53. The largest absolute Gasteiger partial charge is 0.508 e. The minimum atomic E-state index is -4.09. The second-order valence-corrected chi connectivity index (χ2v) is 13.1. The zero-order valence-corrected chi connectivity index (χ0v) is 27.3. The molecule has 3 aromatic carbocycles. The number of hydrogen-bond acceptors (Lipinski definition) is 9. The maximum Gasteiger partial charge on any atom is 0.385 e. The van der Waals surface area contributed by atoms with Gasteiger partial charge in [0.2, 0.25) is 0 Å². The number of carbonyl (C=O) groups excluding carboxylic acids is 1. The van der Waals surface area contributed by atoms with Gasteiger partial charge in [-0.25, -0.2) is 4.68 Å². The summed E-state index contributed by atoms with van der Waals surface area (Å²) >= 11 is 5.84. The first-order valence-corrected chi connectivity index (χ1v) is 16.6. The molecule has 0 radical (unpaired) electrons. The van der Waals surface area contributed by atoms with Crippen molar-refractivity contribution in [2.75, 3.05) is 19.6 Å². The lowest BCUT2D eigenvalue weighted by atomic mass is 9.84. The fourth-order valence-corrected chi connectivity index (χ4v) is 6.91. The van der Waals surface area contributed by atoms with Crippen LogP contribution in [0.5, 0.6) is 17.2 Å². The van der Waals surface area contributed by atoms with Crippen LogP contribution < -0.4 is 8.92 Å². The van der Waals surface area contributed by atoms with Crippen molar-refractivity contribution in [2.45, 2.75) is 58.5 Å². The second kappa shape index (κ2) is 13.6. The Bertz CT molecular complexity index is 1830. The average Bonchev–Trinajstić information content (AvgIpc) is 3.40. The van der Waals surface area contributed by atoms with Gasteiger partial charge in [-0.3, -0.25) is 4.79 Å². The number of nitrogens with zero attached hydrogens (tertiary/aromatic N) is 4. The molecule has 1 unspecified atom stereocenters. The van der Waals surface area contributed by atoms with E-state index < -0.39 is 22.2 Å². The van der Waals surface area contributed by atoms with Crippen molar-refractivity contribution in [2.24, 2.45) is 7.05 Å². The third-order valence-electron chi connectivity index (χ3n) is 8.17. The molecule has 240 valence electrons. The van der Waals surface area contributed by atoms with Crippen LogP contribution in [0.15, 0.2) is 42.5 Å². The molecule has 45 heavy (non-hydrogen) atoms. The van der Waals surface area contributed by atoms with Gasteiger partial charge in [0.05, 0.1) is 20.1 Å². The fraction of sp³-hybridized carbons (Fsp3) is 0.406. The zero-order chi connectivity index (χ0) is 32.3. The first-order chi connectivity index (χ1) is 21.5. The van der Waals surface area contributed by atoms with Crippen LogP contribution in [-0.2, 0) is 40.0 Å². The minimum absolute atomic E-state index is 0.0227. The molecule has 0 saturated carbocycles. The molecule has 1 aliphatic rings. The van der Waals surface area contributed by atoms with Crippen molar-refractivity contribution in [1.82, 2.24) is 19.3 Å². The number of benzene rings is 3. The van der Waals surface area contributed by atoms with Gasteiger partial charge in [0.15, 0.2) is 0 Å². The molecular weight excluding hydrogens is 620 g/mol. The molecule has 0 aliphatic carbocycles. The van der Waals surface area contributed by atoms with Gasteiger partial charge >= 0.3 is 16.3 Å². The van der Waals surface area contributed by atoms with Gasteiger partial charge < -0.3 is 18.8 Å². The number of phenols is 1. The van der Waals surface area contributed by atoms with E-state index in [0.29, 0.717) is 29.3 Å². The maximum atomic E-state index is 13.1. The molecule has 0 bridgehead atoms. The van der Waals surface area contributed by atoms with E-state index >= 15 is 0 Å². The Kier molecular flexibility index (Phi) is 9.85. The highest BCUT2D eigenvalue weighted by molar-refractivity contribution is 7.84. The van der Waals surface area contributed by atoms with Crippen LogP contribution in [0, 0.1) is 13.8 Å². The normalized spacial score (nSPS) is 15.0. The van der Waals surface area contributed by atoms with Gasteiger partial charge in [-0.05, 0) is 85.2 Å². The molecular formula is C32H37ClN4O7S. The summed E-state index contributed by atoms with van der Waals surface area (Å²) in [5.74, 6) is 0.589. The number of unbranched alkanes of at least 4 members (excludes halogenated alkanes) is 2. The number of phenolic OH excluding ortho intramolecular Hbond substituents is 1. The van der Waals surface area contributed by atoms with E-state index in [4.69, 9.17) is 25.3 Å².